The third kappa shape index (κ3) is 10.3. The molecular formula is C42H67N3O8. The third-order valence-electron chi connectivity index (χ3n) is 12.3. The van der Waals surface area contributed by atoms with Gasteiger partial charge in [-0.25, -0.2) is 0 Å². The zero-order valence-corrected chi connectivity index (χ0v) is 34.2. The van der Waals surface area contributed by atoms with E-state index in [1.165, 1.54) is 7.11 Å². The minimum Gasteiger partial charge on any atom is -0.469 e. The molecule has 0 spiro atoms. The fourth-order valence-corrected chi connectivity index (χ4v) is 8.45. The van der Waals surface area contributed by atoms with Gasteiger partial charge in [-0.1, -0.05) is 71.4 Å². The zero-order valence-electron chi connectivity index (χ0n) is 34.2. The summed E-state index contributed by atoms with van der Waals surface area (Å²) < 4.78 is 17.2. The molecular weight excluding hydrogens is 674 g/mol. The van der Waals surface area contributed by atoms with Crippen LogP contribution in [0.15, 0.2) is 30.3 Å². The number of Topliss-reactive ketones (excluding diaryl/α,β-unsaturated/α-hetero) is 2. The normalized spacial score (nSPS) is 20.8. The molecule has 1 aliphatic heterocycles. The molecule has 298 valence electrons. The number of ether oxygens (including phenoxy) is 3. The second kappa shape index (κ2) is 18.9. The van der Waals surface area contributed by atoms with Crippen molar-refractivity contribution in [1.29, 1.82) is 0 Å². The van der Waals surface area contributed by atoms with Crippen molar-refractivity contribution in [2.45, 2.75) is 135 Å². The van der Waals surface area contributed by atoms with E-state index < -0.39 is 52.9 Å². The number of methoxy groups -OCH3 is 3. The molecule has 2 amide bonds. The molecule has 11 nitrogen and oxygen atoms in total. The predicted octanol–water partition coefficient (Wildman–Crippen LogP) is 5.36. The summed E-state index contributed by atoms with van der Waals surface area (Å²) in [5.41, 5.74) is 5.65. The lowest BCUT2D eigenvalue weighted by Crippen LogP contribution is -2.54. The van der Waals surface area contributed by atoms with Crippen molar-refractivity contribution in [3.63, 3.8) is 0 Å². The van der Waals surface area contributed by atoms with Gasteiger partial charge in [-0.05, 0) is 56.9 Å². The number of hydrogen-bond donors (Lipinski definition) is 1. The third-order valence-corrected chi connectivity index (χ3v) is 12.3. The Morgan fingerprint density at radius 1 is 0.962 bits per heavy atom. The van der Waals surface area contributed by atoms with Crippen LogP contribution in [0, 0.1) is 29.6 Å². The molecule has 0 aromatic heterocycles. The number of benzene rings is 1. The predicted molar refractivity (Wildman–Crippen MR) is 205 cm³/mol. The van der Waals surface area contributed by atoms with Crippen molar-refractivity contribution in [3.05, 3.63) is 35.9 Å². The molecule has 0 bridgehead atoms. The largest absolute Gasteiger partial charge is 0.469 e. The zero-order chi connectivity index (χ0) is 39.8. The van der Waals surface area contributed by atoms with Gasteiger partial charge in [0, 0.05) is 57.9 Å². The number of ketones is 2. The second-order valence-corrected chi connectivity index (χ2v) is 16.6. The summed E-state index contributed by atoms with van der Waals surface area (Å²) in [6, 6.07) is 9.08. The first-order valence-corrected chi connectivity index (χ1v) is 19.5. The summed E-state index contributed by atoms with van der Waals surface area (Å²) in [5, 5.41) is 0. The average Bonchev–Trinajstić information content (AvgIpc) is 3.80. The molecule has 1 aliphatic carbocycles. The molecule has 1 aromatic rings. The topological polar surface area (TPSA) is 146 Å². The van der Waals surface area contributed by atoms with E-state index in [9.17, 15) is 24.0 Å². The Balaban J connectivity index is 1.80. The first-order chi connectivity index (χ1) is 24.9. The maximum atomic E-state index is 14.2. The van der Waals surface area contributed by atoms with E-state index in [2.05, 4.69) is 0 Å². The van der Waals surface area contributed by atoms with Crippen molar-refractivity contribution in [1.82, 2.24) is 9.80 Å². The van der Waals surface area contributed by atoms with E-state index in [1.807, 2.05) is 69.9 Å². The number of nitrogens with two attached hydrogens (primary N) is 1. The van der Waals surface area contributed by atoms with E-state index >= 15 is 0 Å². The van der Waals surface area contributed by atoms with E-state index in [0.717, 1.165) is 31.2 Å². The van der Waals surface area contributed by atoms with Crippen LogP contribution in [-0.4, -0.2) is 104 Å². The molecule has 8 atom stereocenters. The standard InChI is InChI=1S/C42H67N3O8/c1-12-27(4)37(44(8)39(49)30(26(2)3)23-35(47)41(6,7)43)34(51-9)25-36(48)45-22-16-19-32(45)38(52-10)28(5)33(46)24-31(40(50)53-11)42(20-21-42)29-17-14-13-15-18-29/h13-15,17-18,26-28,30-32,34,37-38H,12,16,19-25,43H2,1-11H3. The summed E-state index contributed by atoms with van der Waals surface area (Å²) in [6.45, 7) is 13.6. The van der Waals surface area contributed by atoms with Crippen molar-refractivity contribution in [2.24, 2.45) is 35.3 Å². The summed E-state index contributed by atoms with van der Waals surface area (Å²) in [7, 11) is 6.23. The van der Waals surface area contributed by atoms with E-state index in [-0.39, 0.29) is 60.5 Å². The monoisotopic (exact) mass is 741 g/mol. The average molecular weight is 742 g/mol. The number of amides is 2. The highest BCUT2D eigenvalue weighted by Crippen LogP contribution is 2.55. The first kappa shape index (κ1) is 44.2. The number of rotatable bonds is 21. The van der Waals surface area contributed by atoms with Crippen LogP contribution in [0.3, 0.4) is 0 Å². The van der Waals surface area contributed by atoms with Crippen molar-refractivity contribution >= 4 is 29.4 Å². The number of likely N-dealkylation sites (N-methyl/N-ethyl adjacent to an activating group) is 1. The summed E-state index contributed by atoms with van der Waals surface area (Å²) in [4.78, 5) is 71.9. The van der Waals surface area contributed by atoms with Crippen LogP contribution in [0.2, 0.25) is 0 Å². The quantitative estimate of drug-likeness (QED) is 0.165. The van der Waals surface area contributed by atoms with E-state index in [4.69, 9.17) is 19.9 Å². The molecule has 0 radical (unpaired) electrons. The molecule has 1 aromatic carbocycles. The summed E-state index contributed by atoms with van der Waals surface area (Å²) in [5.74, 6) is -2.86. The highest BCUT2D eigenvalue weighted by atomic mass is 16.5. The SMILES string of the molecule is CCC(C)C(C(CC(=O)N1CCCC1C(OC)C(C)C(=O)CC(C(=O)OC)C1(c2ccccc2)CC1)OC)N(C)C(=O)C(CC(=O)C(C)(C)N)C(C)C. The van der Waals surface area contributed by atoms with Gasteiger partial charge >= 0.3 is 5.97 Å². The maximum Gasteiger partial charge on any atom is 0.310 e. The van der Waals surface area contributed by atoms with Gasteiger partial charge in [0.2, 0.25) is 11.8 Å². The summed E-state index contributed by atoms with van der Waals surface area (Å²) >= 11 is 0. The van der Waals surface area contributed by atoms with Crippen LogP contribution in [0.1, 0.15) is 105 Å². The Kier molecular flexibility index (Phi) is 15.8. The van der Waals surface area contributed by atoms with Gasteiger partial charge in [0.25, 0.3) is 0 Å². The van der Waals surface area contributed by atoms with E-state index in [0.29, 0.717) is 13.0 Å². The van der Waals surface area contributed by atoms with Crippen molar-refractivity contribution in [3.8, 4) is 0 Å². The molecule has 2 fully saturated rings. The fraction of sp³-hybridized carbons (Fsp3) is 0.738. The van der Waals surface area contributed by atoms with Crippen LogP contribution in [0.4, 0.5) is 0 Å². The lowest BCUT2D eigenvalue weighted by Gasteiger charge is -2.41. The number of carbonyl (C=O) groups is 5. The Morgan fingerprint density at radius 3 is 2.08 bits per heavy atom. The van der Waals surface area contributed by atoms with Crippen LogP contribution >= 0.6 is 0 Å². The van der Waals surface area contributed by atoms with E-state index in [1.54, 1.807) is 40.0 Å². The van der Waals surface area contributed by atoms with Gasteiger partial charge in [-0.2, -0.15) is 0 Å². The molecule has 1 saturated carbocycles. The van der Waals surface area contributed by atoms with Crippen LogP contribution < -0.4 is 5.73 Å². The second-order valence-electron chi connectivity index (χ2n) is 16.6. The van der Waals surface area contributed by atoms with Crippen LogP contribution in [0.5, 0.6) is 0 Å². The Bertz CT molecular complexity index is 1400. The number of nitrogens with zero attached hydrogens (tertiary/aromatic N) is 2. The molecule has 2 aliphatic rings. The highest BCUT2D eigenvalue weighted by Gasteiger charge is 2.55. The number of likely N-dealkylation sites (tertiary alicyclic amines) is 1. The molecule has 11 heteroatoms. The van der Waals surface area contributed by atoms with Gasteiger partial charge in [-0.15, -0.1) is 0 Å². The molecule has 8 unspecified atom stereocenters. The smallest absolute Gasteiger partial charge is 0.310 e. The van der Waals surface area contributed by atoms with Crippen LogP contribution in [-0.2, 0) is 43.6 Å². The Hall–Kier alpha value is -3.15. The Morgan fingerprint density at radius 2 is 1.58 bits per heavy atom. The van der Waals surface area contributed by atoms with Crippen LogP contribution in [0.25, 0.3) is 0 Å². The molecule has 1 saturated heterocycles. The number of carbonyl (C=O) groups excluding carboxylic acids is 5. The first-order valence-electron chi connectivity index (χ1n) is 19.5. The minimum absolute atomic E-state index is 0.0108. The molecule has 2 N–H and O–H groups in total. The Labute approximate surface area is 318 Å². The van der Waals surface area contributed by atoms with Crippen molar-refractivity contribution in [2.75, 3.05) is 34.9 Å². The minimum atomic E-state index is -1.05. The fourth-order valence-electron chi connectivity index (χ4n) is 8.45. The van der Waals surface area contributed by atoms with Gasteiger partial charge in [0.15, 0.2) is 5.78 Å². The lowest BCUT2D eigenvalue weighted by molar-refractivity contribution is -0.150. The van der Waals surface area contributed by atoms with Gasteiger partial charge in [-0.3, -0.25) is 24.0 Å². The number of esters is 1. The number of hydrogen-bond acceptors (Lipinski definition) is 9. The van der Waals surface area contributed by atoms with Crippen molar-refractivity contribution < 1.29 is 38.2 Å². The highest BCUT2D eigenvalue weighted by molar-refractivity contribution is 5.92. The van der Waals surface area contributed by atoms with Gasteiger partial charge in [0.05, 0.1) is 49.3 Å². The molecule has 3 rings (SSSR count). The molecule has 53 heavy (non-hydrogen) atoms. The van der Waals surface area contributed by atoms with Gasteiger partial charge in [0.1, 0.15) is 5.78 Å². The lowest BCUT2D eigenvalue weighted by atomic mass is 9.77. The maximum absolute atomic E-state index is 14.2. The summed E-state index contributed by atoms with van der Waals surface area (Å²) in [6.07, 6.45) is 2.67. The molecule has 1 heterocycles. The van der Waals surface area contributed by atoms with Gasteiger partial charge < -0.3 is 29.7 Å².